The van der Waals surface area contributed by atoms with Crippen LogP contribution in [0.25, 0.3) is 11.2 Å². The number of hydrogen-bond acceptors (Lipinski definition) is 14. The van der Waals surface area contributed by atoms with Gasteiger partial charge < -0.3 is 56.1 Å². The molecule has 1 saturated carbocycles. The summed E-state index contributed by atoms with van der Waals surface area (Å²) in [7, 11) is 0. The van der Waals surface area contributed by atoms with E-state index in [0.29, 0.717) is 54.7 Å². The van der Waals surface area contributed by atoms with Crippen LogP contribution >= 0.6 is 0 Å². The maximum Gasteiger partial charge on any atom is 0.315 e. The predicted molar refractivity (Wildman–Crippen MR) is 207 cm³/mol. The Bertz CT molecular complexity index is 2290. The SMILES string of the molecule is O=C(NCc1cccc(O)c1)N[C@@H]1CCN(c2nc(NCC(c3ccc(O)cc3)c3ccc(O)cc3)c3ncn([C@@H]4C[C@H](n5ncc(CO)n5)[C@@H](O)[C@H]4O)c3n2)C1. The summed E-state index contributed by atoms with van der Waals surface area (Å²) >= 11 is 0. The number of benzene rings is 3. The van der Waals surface area contributed by atoms with Gasteiger partial charge in [0.2, 0.25) is 5.95 Å². The molecule has 0 unspecified atom stereocenters. The molecule has 1 saturated heterocycles. The predicted octanol–water partition coefficient (Wildman–Crippen LogP) is 2.26. The lowest BCUT2D eigenvalue weighted by molar-refractivity contribution is 0.00491. The molecular weight excluding hydrogens is 734 g/mol. The number of aromatic nitrogens is 7. The van der Waals surface area contributed by atoms with Crippen molar-refractivity contribution in [2.45, 2.75) is 62.2 Å². The van der Waals surface area contributed by atoms with E-state index in [2.05, 4.69) is 26.1 Å². The molecule has 5 atom stereocenters. The number of aromatic hydroxyl groups is 3. The van der Waals surface area contributed by atoms with Crippen LogP contribution in [0.3, 0.4) is 0 Å². The highest BCUT2D eigenvalue weighted by atomic mass is 16.3. The Kier molecular flexibility index (Phi) is 10.5. The van der Waals surface area contributed by atoms with Crippen molar-refractivity contribution in [1.82, 2.24) is 45.1 Å². The average molecular weight is 778 g/mol. The molecule has 0 radical (unpaired) electrons. The number of carbonyl (C=O) groups excluding carboxylic acids is 1. The Labute approximate surface area is 326 Å². The van der Waals surface area contributed by atoms with E-state index in [1.807, 2.05) is 35.2 Å². The van der Waals surface area contributed by atoms with E-state index in [0.717, 1.165) is 16.7 Å². The number of amides is 2. The van der Waals surface area contributed by atoms with Crippen molar-refractivity contribution in [2.75, 3.05) is 29.9 Å². The number of nitrogens with one attached hydrogen (secondary N) is 3. The third-order valence-electron chi connectivity index (χ3n) is 10.6. The van der Waals surface area contributed by atoms with Gasteiger partial charge in [0.1, 0.15) is 41.2 Å². The summed E-state index contributed by atoms with van der Waals surface area (Å²) in [4.78, 5) is 30.8. The summed E-state index contributed by atoms with van der Waals surface area (Å²) in [6, 6.07) is 18.6. The quantitative estimate of drug-likeness (QED) is 0.0865. The minimum Gasteiger partial charge on any atom is -0.508 e. The molecule has 2 fully saturated rings. The zero-order chi connectivity index (χ0) is 39.6. The molecule has 3 aromatic heterocycles. The second-order valence-electron chi connectivity index (χ2n) is 14.4. The van der Waals surface area contributed by atoms with Crippen molar-refractivity contribution in [2.24, 2.45) is 0 Å². The van der Waals surface area contributed by atoms with Gasteiger partial charge in [-0.1, -0.05) is 36.4 Å². The number of aliphatic hydroxyl groups is 3. The van der Waals surface area contributed by atoms with Gasteiger partial charge in [-0.05, 0) is 65.9 Å². The third kappa shape index (κ3) is 7.95. The first-order chi connectivity index (χ1) is 27.6. The monoisotopic (exact) mass is 777 g/mol. The van der Waals surface area contributed by atoms with Gasteiger partial charge in [-0.25, -0.2) is 9.78 Å². The molecule has 1 aliphatic carbocycles. The largest absolute Gasteiger partial charge is 0.508 e. The highest BCUT2D eigenvalue weighted by molar-refractivity contribution is 5.84. The van der Waals surface area contributed by atoms with Gasteiger partial charge in [0.25, 0.3) is 0 Å². The van der Waals surface area contributed by atoms with E-state index in [1.54, 1.807) is 53.4 Å². The molecular formula is C39H43N11O7. The standard InChI is InChI=1S/C39H43N11O7/c51-20-26-17-43-50(47-26)32-15-31(34(55)35(32)56)49-21-42-33-36(40-18-30(23-4-8-27(52)9-5-23)24-6-10-28(53)11-7-24)45-38(46-37(33)49)48-13-12-25(19-48)44-39(57)41-16-22-2-1-3-29(54)14-22/h1-11,14,17,21,25,30-32,34-35,51-56H,12-13,15-16,18-20H2,(H,40,45,46)(H2,41,44,57)/t25-,31-,32+,34+,35-/m1/s1. The number of carbonyl (C=O) groups is 1. The lowest BCUT2D eigenvalue weighted by atomic mass is 9.91. The van der Waals surface area contributed by atoms with Crippen LogP contribution in [0.4, 0.5) is 16.6 Å². The normalized spacial score (nSPS) is 20.7. The molecule has 18 nitrogen and oxygen atoms in total. The van der Waals surface area contributed by atoms with Crippen LogP contribution in [-0.4, -0.2) is 109 Å². The minimum absolute atomic E-state index is 0.120. The number of anilines is 2. The molecule has 0 bridgehead atoms. The number of hydrogen-bond donors (Lipinski definition) is 9. The average Bonchev–Trinajstić information content (AvgIpc) is 4.03. The summed E-state index contributed by atoms with van der Waals surface area (Å²) in [5, 5.41) is 79.6. The second kappa shape index (κ2) is 15.9. The van der Waals surface area contributed by atoms with Crippen LogP contribution in [0.15, 0.2) is 85.3 Å². The Morgan fingerprint density at radius 3 is 2.30 bits per heavy atom. The van der Waals surface area contributed by atoms with E-state index in [-0.39, 0.29) is 54.8 Å². The number of urea groups is 1. The number of fused-ring (bicyclic) bond motifs is 1. The van der Waals surface area contributed by atoms with Crippen LogP contribution in [-0.2, 0) is 13.2 Å². The number of aliphatic hydroxyl groups excluding tert-OH is 3. The van der Waals surface area contributed by atoms with Gasteiger partial charge in [0, 0.05) is 38.1 Å². The Morgan fingerprint density at radius 2 is 1.61 bits per heavy atom. The zero-order valence-electron chi connectivity index (χ0n) is 30.7. The van der Waals surface area contributed by atoms with E-state index in [4.69, 9.17) is 15.0 Å². The van der Waals surface area contributed by atoms with Gasteiger partial charge >= 0.3 is 6.03 Å². The van der Waals surface area contributed by atoms with Crippen molar-refractivity contribution in [3.8, 4) is 17.2 Å². The van der Waals surface area contributed by atoms with E-state index in [9.17, 15) is 35.4 Å². The molecule has 6 aromatic rings. The number of nitrogens with zero attached hydrogens (tertiary/aromatic N) is 8. The molecule has 3 aromatic carbocycles. The number of rotatable bonds is 12. The maximum absolute atomic E-state index is 12.9. The molecule has 296 valence electrons. The molecule has 8 rings (SSSR count). The van der Waals surface area contributed by atoms with E-state index < -0.39 is 24.3 Å². The van der Waals surface area contributed by atoms with Gasteiger partial charge in [0.15, 0.2) is 17.0 Å². The van der Waals surface area contributed by atoms with Crippen LogP contribution in [0, 0.1) is 0 Å². The van der Waals surface area contributed by atoms with Crippen LogP contribution in [0.2, 0.25) is 0 Å². The number of phenols is 3. The second-order valence-corrected chi connectivity index (χ2v) is 14.4. The van der Waals surface area contributed by atoms with Gasteiger partial charge in [-0.2, -0.15) is 25.0 Å². The fourth-order valence-corrected chi connectivity index (χ4v) is 7.63. The summed E-state index contributed by atoms with van der Waals surface area (Å²) < 4.78 is 1.73. The van der Waals surface area contributed by atoms with Crippen LogP contribution in [0.1, 0.15) is 53.2 Å². The Balaban J connectivity index is 1.08. The van der Waals surface area contributed by atoms with Crippen molar-refractivity contribution >= 4 is 29.0 Å². The topological polar surface area (TPSA) is 252 Å². The lowest BCUT2D eigenvalue weighted by Crippen LogP contribution is -2.43. The van der Waals surface area contributed by atoms with Crippen molar-refractivity contribution in [1.29, 1.82) is 0 Å². The summed E-state index contributed by atoms with van der Waals surface area (Å²) in [5.74, 6) is 0.938. The Morgan fingerprint density at radius 1 is 0.895 bits per heavy atom. The number of imidazole rings is 1. The Hall–Kier alpha value is -6.50. The minimum atomic E-state index is -1.22. The third-order valence-corrected chi connectivity index (χ3v) is 10.6. The molecule has 0 spiro atoms. The lowest BCUT2D eigenvalue weighted by Gasteiger charge is -2.22. The van der Waals surface area contributed by atoms with E-state index in [1.165, 1.54) is 11.0 Å². The first kappa shape index (κ1) is 37.4. The van der Waals surface area contributed by atoms with Crippen molar-refractivity contribution < 1.29 is 35.4 Å². The summed E-state index contributed by atoms with van der Waals surface area (Å²) in [6.45, 7) is 1.21. The smallest absolute Gasteiger partial charge is 0.315 e. The molecule has 9 N–H and O–H groups in total. The molecule has 1 aliphatic heterocycles. The molecule has 4 heterocycles. The molecule has 57 heavy (non-hydrogen) atoms. The maximum atomic E-state index is 12.9. The molecule has 18 heteroatoms. The summed E-state index contributed by atoms with van der Waals surface area (Å²) in [5.41, 5.74) is 3.75. The van der Waals surface area contributed by atoms with Gasteiger partial charge in [-0.15, -0.1) is 0 Å². The van der Waals surface area contributed by atoms with Gasteiger partial charge in [-0.3, -0.25) is 0 Å². The summed E-state index contributed by atoms with van der Waals surface area (Å²) in [6.07, 6.45) is 1.40. The van der Waals surface area contributed by atoms with Crippen molar-refractivity contribution in [3.63, 3.8) is 0 Å². The molecule has 2 aliphatic rings. The van der Waals surface area contributed by atoms with Crippen LogP contribution < -0.4 is 20.9 Å². The van der Waals surface area contributed by atoms with E-state index >= 15 is 0 Å². The highest BCUT2D eigenvalue weighted by Gasteiger charge is 2.45. The first-order valence-corrected chi connectivity index (χ1v) is 18.6. The number of phenolic OH excluding ortho intramolecular Hbond substituents is 3. The fraction of sp³-hybridized carbons (Fsp3) is 0.333. The fourth-order valence-electron chi connectivity index (χ4n) is 7.63. The zero-order valence-corrected chi connectivity index (χ0v) is 30.7. The van der Waals surface area contributed by atoms with Crippen molar-refractivity contribution in [3.05, 3.63) is 108 Å². The van der Waals surface area contributed by atoms with Gasteiger partial charge in [0.05, 0.1) is 25.2 Å². The first-order valence-electron chi connectivity index (χ1n) is 18.6. The highest BCUT2D eigenvalue weighted by Crippen LogP contribution is 2.40. The molecule has 2 amide bonds. The van der Waals surface area contributed by atoms with Crippen LogP contribution in [0.5, 0.6) is 17.2 Å².